The van der Waals surface area contributed by atoms with Gasteiger partial charge < -0.3 is 9.80 Å². The van der Waals surface area contributed by atoms with Crippen molar-refractivity contribution in [2.75, 3.05) is 9.80 Å². The Labute approximate surface area is 321 Å². The van der Waals surface area contributed by atoms with Crippen molar-refractivity contribution in [1.29, 1.82) is 0 Å². The van der Waals surface area contributed by atoms with Crippen molar-refractivity contribution < 1.29 is 13.2 Å². The van der Waals surface area contributed by atoms with Gasteiger partial charge in [-0.25, -0.2) is 0 Å². The van der Waals surface area contributed by atoms with Crippen LogP contribution in [0, 0.1) is 0 Å². The standard InChI is InChI=1S/C50H45F3N2/c1-6-34-7-19-40(20-8-34)54(42-23-11-36(12-24-42)32(2)3)46-29-17-38-16-28-45-47(30-18-39-15-27-44(46)48(38)49(39)45)55(43-25-13-37(14-26-43)33(4)5)41-21-9-35(10-22-41)31-50(51,52)53/h7-30,32-33H,6,31H2,1-5H3. The Bertz CT molecular complexity index is 2570. The molecule has 55 heavy (non-hydrogen) atoms. The van der Waals surface area contributed by atoms with Crippen molar-refractivity contribution in [2.24, 2.45) is 0 Å². The Morgan fingerprint density at radius 1 is 0.436 bits per heavy atom. The Morgan fingerprint density at radius 3 is 1.13 bits per heavy atom. The van der Waals surface area contributed by atoms with Gasteiger partial charge in [0.15, 0.2) is 0 Å². The third kappa shape index (κ3) is 7.00. The molecule has 0 aliphatic carbocycles. The van der Waals surface area contributed by atoms with Gasteiger partial charge in [0.2, 0.25) is 0 Å². The van der Waals surface area contributed by atoms with Gasteiger partial charge in [0.05, 0.1) is 17.8 Å². The summed E-state index contributed by atoms with van der Waals surface area (Å²) in [7, 11) is 0. The van der Waals surface area contributed by atoms with E-state index in [1.807, 2.05) is 0 Å². The maximum atomic E-state index is 13.3. The molecule has 276 valence electrons. The Balaban J connectivity index is 1.34. The molecule has 5 heteroatoms. The minimum absolute atomic E-state index is 0.238. The van der Waals surface area contributed by atoms with Gasteiger partial charge in [-0.3, -0.25) is 0 Å². The molecule has 0 saturated heterocycles. The van der Waals surface area contributed by atoms with E-state index in [1.165, 1.54) is 22.1 Å². The second kappa shape index (κ2) is 14.4. The van der Waals surface area contributed by atoms with E-state index in [-0.39, 0.29) is 5.56 Å². The fraction of sp³-hybridized carbons (Fsp3) is 0.200. The fourth-order valence-electron chi connectivity index (χ4n) is 7.91. The van der Waals surface area contributed by atoms with Crippen LogP contribution in [0.25, 0.3) is 32.3 Å². The third-order valence-corrected chi connectivity index (χ3v) is 10.9. The second-order valence-corrected chi connectivity index (χ2v) is 15.2. The number of rotatable bonds is 10. The van der Waals surface area contributed by atoms with E-state index in [2.05, 4.69) is 166 Å². The quantitative estimate of drug-likeness (QED) is 0.129. The molecule has 0 bridgehead atoms. The number of hydrogen-bond donors (Lipinski definition) is 0. The highest BCUT2D eigenvalue weighted by atomic mass is 19.4. The van der Waals surface area contributed by atoms with Gasteiger partial charge in [0.25, 0.3) is 0 Å². The van der Waals surface area contributed by atoms with E-state index in [0.717, 1.165) is 67.5 Å². The molecule has 0 aliphatic rings. The zero-order valence-corrected chi connectivity index (χ0v) is 32.0. The lowest BCUT2D eigenvalue weighted by Gasteiger charge is -2.29. The van der Waals surface area contributed by atoms with Gasteiger partial charge in [0.1, 0.15) is 0 Å². The first kappa shape index (κ1) is 36.2. The molecule has 8 aromatic rings. The molecule has 0 amide bonds. The van der Waals surface area contributed by atoms with Crippen LogP contribution in [-0.2, 0) is 12.8 Å². The lowest BCUT2D eigenvalue weighted by Crippen LogP contribution is -2.13. The zero-order chi connectivity index (χ0) is 38.4. The van der Waals surface area contributed by atoms with Gasteiger partial charge in [0, 0.05) is 33.5 Å². The molecule has 2 nitrogen and oxygen atoms in total. The first-order chi connectivity index (χ1) is 26.5. The molecule has 0 radical (unpaired) electrons. The zero-order valence-electron chi connectivity index (χ0n) is 32.0. The summed E-state index contributed by atoms with van der Waals surface area (Å²) < 4.78 is 40.0. The lowest BCUT2D eigenvalue weighted by atomic mass is 9.91. The average Bonchev–Trinajstić information content (AvgIpc) is 3.18. The van der Waals surface area contributed by atoms with Crippen LogP contribution in [0.4, 0.5) is 47.3 Å². The molecular formula is C50H45F3N2. The highest BCUT2D eigenvalue weighted by Crippen LogP contribution is 2.47. The lowest BCUT2D eigenvalue weighted by molar-refractivity contribution is -0.127. The van der Waals surface area contributed by atoms with Gasteiger partial charge in [-0.1, -0.05) is 120 Å². The molecule has 0 fully saturated rings. The Morgan fingerprint density at radius 2 is 0.782 bits per heavy atom. The third-order valence-electron chi connectivity index (χ3n) is 10.9. The second-order valence-electron chi connectivity index (χ2n) is 15.2. The van der Waals surface area contributed by atoms with Crippen molar-refractivity contribution in [2.45, 2.75) is 65.5 Å². The van der Waals surface area contributed by atoms with E-state index < -0.39 is 12.6 Å². The average molecular weight is 731 g/mol. The van der Waals surface area contributed by atoms with Crippen LogP contribution in [0.5, 0.6) is 0 Å². The van der Waals surface area contributed by atoms with Gasteiger partial charge >= 0.3 is 6.18 Å². The van der Waals surface area contributed by atoms with Crippen LogP contribution in [0.2, 0.25) is 0 Å². The minimum Gasteiger partial charge on any atom is -0.310 e. The van der Waals surface area contributed by atoms with Gasteiger partial charge in [-0.05, 0) is 123 Å². The van der Waals surface area contributed by atoms with Crippen molar-refractivity contribution in [3.63, 3.8) is 0 Å². The number of anilines is 6. The monoisotopic (exact) mass is 730 g/mol. The van der Waals surface area contributed by atoms with Crippen molar-refractivity contribution >= 4 is 66.4 Å². The van der Waals surface area contributed by atoms with Crippen molar-refractivity contribution in [3.05, 3.63) is 168 Å². The van der Waals surface area contributed by atoms with Crippen LogP contribution < -0.4 is 9.80 Å². The Hall–Kier alpha value is -5.81. The molecular weight excluding hydrogens is 686 g/mol. The number of halogens is 3. The van der Waals surface area contributed by atoms with Crippen molar-refractivity contribution in [1.82, 2.24) is 0 Å². The van der Waals surface area contributed by atoms with E-state index in [4.69, 9.17) is 0 Å². The first-order valence-corrected chi connectivity index (χ1v) is 19.2. The van der Waals surface area contributed by atoms with Crippen LogP contribution in [0.3, 0.4) is 0 Å². The van der Waals surface area contributed by atoms with Gasteiger partial charge in [-0.2, -0.15) is 13.2 Å². The summed E-state index contributed by atoms with van der Waals surface area (Å²) in [4.78, 5) is 4.54. The molecule has 8 rings (SSSR count). The van der Waals surface area contributed by atoms with E-state index >= 15 is 0 Å². The summed E-state index contributed by atoms with van der Waals surface area (Å²) in [6.45, 7) is 11.0. The van der Waals surface area contributed by atoms with E-state index in [0.29, 0.717) is 11.8 Å². The smallest absolute Gasteiger partial charge is 0.310 e. The molecule has 8 aromatic carbocycles. The fourth-order valence-corrected chi connectivity index (χ4v) is 7.91. The molecule has 0 aromatic heterocycles. The number of hydrogen-bond acceptors (Lipinski definition) is 2. The molecule has 0 atom stereocenters. The summed E-state index contributed by atoms with van der Waals surface area (Å²) in [5.41, 5.74) is 10.0. The maximum Gasteiger partial charge on any atom is 0.393 e. The normalized spacial score (nSPS) is 12.1. The largest absolute Gasteiger partial charge is 0.393 e. The number of alkyl halides is 3. The topological polar surface area (TPSA) is 6.48 Å². The van der Waals surface area contributed by atoms with Crippen LogP contribution in [-0.4, -0.2) is 6.18 Å². The van der Waals surface area contributed by atoms with E-state index in [9.17, 15) is 13.2 Å². The molecule has 0 N–H and O–H groups in total. The predicted octanol–water partition coefficient (Wildman–Crippen LogP) is 15.4. The molecule has 0 heterocycles. The summed E-state index contributed by atoms with van der Waals surface area (Å²) in [5.74, 6) is 0.797. The van der Waals surface area contributed by atoms with Crippen molar-refractivity contribution in [3.8, 4) is 0 Å². The number of benzene rings is 8. The summed E-state index contributed by atoms with van der Waals surface area (Å²) in [6, 6.07) is 50.7. The summed E-state index contributed by atoms with van der Waals surface area (Å²) in [5, 5.41) is 6.83. The first-order valence-electron chi connectivity index (χ1n) is 19.2. The highest BCUT2D eigenvalue weighted by molar-refractivity contribution is 6.28. The minimum atomic E-state index is -4.27. The number of aryl methyl sites for hydroxylation is 1. The number of nitrogens with zero attached hydrogens (tertiary/aromatic N) is 2. The summed E-state index contributed by atoms with van der Waals surface area (Å²) in [6.07, 6.45) is -4.26. The highest BCUT2D eigenvalue weighted by Gasteiger charge is 2.28. The molecule has 0 saturated carbocycles. The maximum absolute atomic E-state index is 13.3. The molecule has 0 aliphatic heterocycles. The summed E-state index contributed by atoms with van der Waals surface area (Å²) >= 11 is 0. The SMILES string of the molecule is CCc1ccc(N(c2ccc(C(C)C)cc2)c2ccc3ccc4c(N(c5ccc(CC(F)(F)F)cc5)c5ccc(C(C)C)cc5)ccc5ccc2c3c54)cc1. The van der Waals surface area contributed by atoms with Crippen LogP contribution >= 0.6 is 0 Å². The van der Waals surface area contributed by atoms with E-state index in [1.54, 1.807) is 24.3 Å². The van der Waals surface area contributed by atoms with Gasteiger partial charge in [-0.15, -0.1) is 0 Å². The van der Waals surface area contributed by atoms with Crippen LogP contribution in [0.1, 0.15) is 68.7 Å². The predicted molar refractivity (Wildman–Crippen MR) is 227 cm³/mol. The molecule has 0 spiro atoms. The molecule has 0 unspecified atom stereocenters. The Kier molecular flexibility index (Phi) is 9.50. The van der Waals surface area contributed by atoms with Crippen LogP contribution in [0.15, 0.2) is 146 Å².